The minimum absolute atomic E-state index is 0. The summed E-state index contributed by atoms with van der Waals surface area (Å²) in [4.78, 5) is 9.97. The highest BCUT2D eigenvalue weighted by Crippen LogP contribution is 2.20. The first kappa shape index (κ1) is 20.4. The number of guanidine groups is 1. The Morgan fingerprint density at radius 1 is 1.16 bits per heavy atom. The van der Waals surface area contributed by atoms with Gasteiger partial charge in [0.15, 0.2) is 5.96 Å². The van der Waals surface area contributed by atoms with E-state index in [9.17, 15) is 0 Å². The molecule has 0 radical (unpaired) electrons. The normalized spacial score (nSPS) is 21.6. The Labute approximate surface area is 168 Å². The van der Waals surface area contributed by atoms with Crippen molar-refractivity contribution in [2.75, 3.05) is 39.3 Å². The largest absolute Gasteiger partial charge is 0.357 e. The van der Waals surface area contributed by atoms with Crippen LogP contribution in [0.25, 0.3) is 0 Å². The lowest BCUT2D eigenvalue weighted by Crippen LogP contribution is -2.42. The molecule has 2 fully saturated rings. The predicted octanol–water partition coefficient (Wildman–Crippen LogP) is 1.81. The molecule has 1 N–H and O–H groups in total. The van der Waals surface area contributed by atoms with Gasteiger partial charge in [0.1, 0.15) is 12.7 Å². The zero-order valence-electron chi connectivity index (χ0n) is 15.3. The molecule has 1 unspecified atom stereocenters. The number of halogens is 1. The molecule has 8 heteroatoms. The van der Waals surface area contributed by atoms with E-state index in [0.717, 1.165) is 57.6 Å². The van der Waals surface area contributed by atoms with Gasteiger partial charge in [-0.25, -0.2) is 0 Å². The van der Waals surface area contributed by atoms with Crippen LogP contribution in [0.15, 0.2) is 17.6 Å². The summed E-state index contributed by atoms with van der Waals surface area (Å²) >= 11 is 0. The fourth-order valence-electron chi connectivity index (χ4n) is 3.69. The van der Waals surface area contributed by atoms with Crippen molar-refractivity contribution in [1.82, 2.24) is 29.9 Å². The monoisotopic (exact) mass is 461 g/mol. The van der Waals surface area contributed by atoms with E-state index in [0.29, 0.717) is 0 Å². The zero-order valence-corrected chi connectivity index (χ0v) is 17.6. The Balaban J connectivity index is 0.00000225. The lowest BCUT2D eigenvalue weighted by Gasteiger charge is -2.25. The van der Waals surface area contributed by atoms with Crippen molar-refractivity contribution in [1.29, 1.82) is 0 Å². The molecule has 0 saturated carbocycles. The molecule has 3 heterocycles. The summed E-state index contributed by atoms with van der Waals surface area (Å²) in [7, 11) is 0. The lowest BCUT2D eigenvalue weighted by molar-refractivity contribution is 0.249. The number of aliphatic imine (C=N–C) groups is 1. The molecule has 2 aliphatic rings. The summed E-state index contributed by atoms with van der Waals surface area (Å²) in [6.45, 7) is 9.78. The van der Waals surface area contributed by atoms with E-state index in [-0.39, 0.29) is 24.0 Å². The average molecular weight is 461 g/mol. The first-order chi connectivity index (χ1) is 11.9. The van der Waals surface area contributed by atoms with Gasteiger partial charge in [-0.1, -0.05) is 0 Å². The number of nitrogens with zero attached hydrogens (tertiary/aromatic N) is 6. The molecule has 2 aliphatic heterocycles. The molecule has 2 saturated heterocycles. The number of aromatic nitrogens is 3. The molecular weight excluding hydrogens is 429 g/mol. The van der Waals surface area contributed by atoms with Gasteiger partial charge in [-0.3, -0.25) is 9.89 Å². The number of hydrogen-bond acceptors (Lipinski definition) is 4. The molecule has 0 spiro atoms. The summed E-state index contributed by atoms with van der Waals surface area (Å²) in [5.74, 6) is 1.10. The van der Waals surface area contributed by atoms with Crippen LogP contribution >= 0.6 is 24.0 Å². The highest BCUT2D eigenvalue weighted by Gasteiger charge is 2.30. The van der Waals surface area contributed by atoms with E-state index in [2.05, 4.69) is 32.2 Å². The van der Waals surface area contributed by atoms with E-state index in [1.807, 2.05) is 4.57 Å². The molecule has 0 amide bonds. The molecule has 142 valence electrons. The van der Waals surface area contributed by atoms with Gasteiger partial charge in [-0.2, -0.15) is 0 Å². The fraction of sp³-hybridized carbons (Fsp3) is 0.824. The predicted molar refractivity (Wildman–Crippen MR) is 111 cm³/mol. The van der Waals surface area contributed by atoms with E-state index in [1.165, 1.54) is 32.4 Å². The van der Waals surface area contributed by atoms with Crippen LogP contribution < -0.4 is 5.32 Å². The van der Waals surface area contributed by atoms with Gasteiger partial charge in [0.2, 0.25) is 0 Å². The molecule has 1 aromatic rings. The minimum atomic E-state index is 0. The van der Waals surface area contributed by atoms with Gasteiger partial charge in [0.25, 0.3) is 0 Å². The van der Waals surface area contributed by atoms with Crippen LogP contribution in [0.3, 0.4) is 0 Å². The van der Waals surface area contributed by atoms with E-state index in [1.54, 1.807) is 12.7 Å². The maximum atomic E-state index is 4.85. The van der Waals surface area contributed by atoms with Crippen molar-refractivity contribution < 1.29 is 0 Å². The van der Waals surface area contributed by atoms with Crippen LogP contribution in [0.1, 0.15) is 39.0 Å². The maximum Gasteiger partial charge on any atom is 0.193 e. The quantitative estimate of drug-likeness (QED) is 0.291. The lowest BCUT2D eigenvalue weighted by atomic mass is 10.2. The van der Waals surface area contributed by atoms with Crippen LogP contribution in [0.4, 0.5) is 0 Å². The van der Waals surface area contributed by atoms with Crippen molar-refractivity contribution in [3.8, 4) is 0 Å². The van der Waals surface area contributed by atoms with Crippen LogP contribution in [-0.2, 0) is 6.54 Å². The summed E-state index contributed by atoms with van der Waals surface area (Å²) in [6, 6.07) is 0.727. The Kier molecular flexibility index (Phi) is 8.94. The fourth-order valence-corrected chi connectivity index (χ4v) is 3.69. The second kappa shape index (κ2) is 10.9. The number of nitrogens with one attached hydrogen (secondary N) is 1. The van der Waals surface area contributed by atoms with Gasteiger partial charge < -0.3 is 14.8 Å². The van der Waals surface area contributed by atoms with E-state index < -0.39 is 0 Å². The standard InChI is InChI=1S/C17H31N7.HI/c1-2-18-17(19-8-3-4-9-22-14-20-21-15-22)24-12-7-16(13-24)23-10-5-6-11-23;/h14-16H,2-13H2,1H3,(H,18,19);1H. The third kappa shape index (κ3) is 6.09. The van der Waals surface area contributed by atoms with Gasteiger partial charge in [0.05, 0.1) is 0 Å². The summed E-state index contributed by atoms with van der Waals surface area (Å²) in [5, 5.41) is 11.1. The molecule has 0 bridgehead atoms. The van der Waals surface area contributed by atoms with Gasteiger partial charge in [0, 0.05) is 38.8 Å². The molecule has 1 atom stereocenters. The number of aryl methyl sites for hydroxylation is 1. The van der Waals surface area contributed by atoms with Gasteiger partial charge >= 0.3 is 0 Å². The molecule has 0 aromatic carbocycles. The maximum absolute atomic E-state index is 4.85. The minimum Gasteiger partial charge on any atom is -0.357 e. The van der Waals surface area contributed by atoms with Crippen molar-refractivity contribution in [2.45, 2.75) is 51.6 Å². The summed E-state index contributed by atoms with van der Waals surface area (Å²) in [5.41, 5.74) is 0. The van der Waals surface area contributed by atoms with E-state index >= 15 is 0 Å². The highest BCUT2D eigenvalue weighted by molar-refractivity contribution is 14.0. The molecule has 1 aromatic heterocycles. The number of likely N-dealkylation sites (tertiary alicyclic amines) is 2. The van der Waals surface area contributed by atoms with Crippen molar-refractivity contribution in [3.05, 3.63) is 12.7 Å². The topological polar surface area (TPSA) is 61.6 Å². The van der Waals surface area contributed by atoms with Crippen molar-refractivity contribution in [3.63, 3.8) is 0 Å². The summed E-state index contributed by atoms with van der Waals surface area (Å²) < 4.78 is 2.02. The Bertz CT molecular complexity index is 499. The summed E-state index contributed by atoms with van der Waals surface area (Å²) in [6.07, 6.45) is 9.77. The molecule has 3 rings (SSSR count). The van der Waals surface area contributed by atoms with Crippen LogP contribution in [0, 0.1) is 0 Å². The number of unbranched alkanes of at least 4 members (excludes halogenated alkanes) is 1. The Hall–Kier alpha value is -0.900. The van der Waals surface area contributed by atoms with Crippen LogP contribution in [0.2, 0.25) is 0 Å². The smallest absolute Gasteiger partial charge is 0.193 e. The van der Waals surface area contributed by atoms with Crippen LogP contribution in [0.5, 0.6) is 0 Å². The Morgan fingerprint density at radius 3 is 2.64 bits per heavy atom. The van der Waals surface area contributed by atoms with Crippen LogP contribution in [-0.4, -0.2) is 75.8 Å². The first-order valence-corrected chi connectivity index (χ1v) is 9.46. The molecular formula is C17H32IN7. The third-order valence-electron chi connectivity index (χ3n) is 5.01. The second-order valence-electron chi connectivity index (χ2n) is 6.77. The average Bonchev–Trinajstić information content (AvgIpc) is 3.34. The SMILES string of the molecule is CCNC(=NCCCCn1cnnc1)N1CCC(N2CCCC2)C1.I. The zero-order chi connectivity index (χ0) is 16.6. The second-order valence-corrected chi connectivity index (χ2v) is 6.77. The molecule has 0 aliphatic carbocycles. The van der Waals surface area contributed by atoms with Gasteiger partial charge in [-0.05, 0) is 52.1 Å². The van der Waals surface area contributed by atoms with Crippen molar-refractivity contribution >= 4 is 29.9 Å². The Morgan fingerprint density at radius 2 is 1.92 bits per heavy atom. The van der Waals surface area contributed by atoms with E-state index in [4.69, 9.17) is 4.99 Å². The third-order valence-corrected chi connectivity index (χ3v) is 5.01. The molecule has 25 heavy (non-hydrogen) atoms. The van der Waals surface area contributed by atoms with Crippen molar-refractivity contribution in [2.24, 2.45) is 4.99 Å². The number of rotatable bonds is 7. The van der Waals surface area contributed by atoms with Gasteiger partial charge in [-0.15, -0.1) is 34.2 Å². The molecule has 7 nitrogen and oxygen atoms in total. The first-order valence-electron chi connectivity index (χ1n) is 9.46. The highest BCUT2D eigenvalue weighted by atomic mass is 127. The number of hydrogen-bond donors (Lipinski definition) is 1.